The van der Waals surface area contributed by atoms with Gasteiger partial charge in [-0.25, -0.2) is 5.01 Å². The van der Waals surface area contributed by atoms with Gasteiger partial charge >= 0.3 is 0 Å². The van der Waals surface area contributed by atoms with Crippen LogP contribution in [0.25, 0.3) is 0 Å². The molecule has 4 heteroatoms. The third-order valence-electron chi connectivity index (χ3n) is 1.79. The first-order valence-electron chi connectivity index (χ1n) is 4.22. The van der Waals surface area contributed by atoms with E-state index in [0.29, 0.717) is 0 Å². The summed E-state index contributed by atoms with van der Waals surface area (Å²) in [6, 6.07) is 0. The predicted molar refractivity (Wildman–Crippen MR) is 59.0 cm³/mol. The summed E-state index contributed by atoms with van der Waals surface area (Å²) in [6.45, 7) is 5.90. The fraction of sp³-hybridized carbons (Fsp3) is 0.667. The second-order valence-electron chi connectivity index (χ2n) is 2.99. The van der Waals surface area contributed by atoms with Gasteiger partial charge < -0.3 is 5.43 Å². The van der Waals surface area contributed by atoms with Crippen molar-refractivity contribution in [1.82, 2.24) is 10.4 Å². The molecule has 13 heavy (non-hydrogen) atoms. The van der Waals surface area contributed by atoms with E-state index in [4.69, 9.17) is 11.6 Å². The van der Waals surface area contributed by atoms with Crippen LogP contribution in [0, 0.1) is 0 Å². The third kappa shape index (κ3) is 4.90. The Hall–Kier alpha value is -0.540. The number of allylic oxidation sites excluding steroid dienone is 2. The van der Waals surface area contributed by atoms with Crippen LogP contribution in [0.4, 0.5) is 0 Å². The molecule has 76 valence electrons. The molecule has 0 rings (SSSR count). The zero-order valence-corrected chi connectivity index (χ0v) is 9.68. The van der Waals surface area contributed by atoms with Crippen molar-refractivity contribution in [2.45, 2.75) is 26.3 Å². The van der Waals surface area contributed by atoms with Gasteiger partial charge in [0.25, 0.3) is 0 Å². The summed E-state index contributed by atoms with van der Waals surface area (Å²) in [5.41, 5.74) is 5.27. The SMILES string of the molecule is CN=CC(C)=C(C)NN(C)C(C)Cl. The summed E-state index contributed by atoms with van der Waals surface area (Å²) in [5.74, 6) is 0. The van der Waals surface area contributed by atoms with Crippen molar-refractivity contribution in [2.24, 2.45) is 4.99 Å². The van der Waals surface area contributed by atoms with Crippen molar-refractivity contribution in [3.8, 4) is 0 Å². The molecule has 1 N–H and O–H groups in total. The Kier molecular flexibility index (Phi) is 5.75. The minimum Gasteiger partial charge on any atom is -0.322 e. The quantitative estimate of drug-likeness (QED) is 0.328. The Morgan fingerprint density at radius 2 is 2.08 bits per heavy atom. The molecule has 3 nitrogen and oxygen atoms in total. The largest absolute Gasteiger partial charge is 0.322 e. The minimum absolute atomic E-state index is 0.0404. The Bertz CT molecular complexity index is 209. The summed E-state index contributed by atoms with van der Waals surface area (Å²) in [7, 11) is 3.65. The number of hydrogen-bond donors (Lipinski definition) is 1. The summed E-state index contributed by atoms with van der Waals surface area (Å²) in [6.07, 6.45) is 1.81. The number of alkyl halides is 1. The zero-order valence-electron chi connectivity index (χ0n) is 8.93. The lowest BCUT2D eigenvalue weighted by Crippen LogP contribution is -2.37. The smallest absolute Gasteiger partial charge is 0.0997 e. The molecule has 0 aromatic heterocycles. The number of hydrazine groups is 1. The lowest BCUT2D eigenvalue weighted by molar-refractivity contribution is 0.252. The molecule has 0 radical (unpaired) electrons. The summed E-state index contributed by atoms with van der Waals surface area (Å²) >= 11 is 5.86. The van der Waals surface area contributed by atoms with Crippen molar-refractivity contribution in [3.63, 3.8) is 0 Å². The number of hydrogen-bond acceptors (Lipinski definition) is 3. The van der Waals surface area contributed by atoms with Crippen LogP contribution in [0.15, 0.2) is 16.3 Å². The van der Waals surface area contributed by atoms with Gasteiger partial charge in [-0.1, -0.05) is 0 Å². The van der Waals surface area contributed by atoms with Gasteiger partial charge in [-0.2, -0.15) is 0 Å². The molecule has 0 heterocycles. The van der Waals surface area contributed by atoms with E-state index < -0.39 is 0 Å². The first-order chi connectivity index (χ1) is 5.99. The lowest BCUT2D eigenvalue weighted by atomic mass is 10.3. The first kappa shape index (κ1) is 12.5. The normalized spacial score (nSPS) is 16.2. The maximum atomic E-state index is 5.86. The van der Waals surface area contributed by atoms with Gasteiger partial charge in [0.2, 0.25) is 0 Å². The highest BCUT2D eigenvalue weighted by Crippen LogP contribution is 2.02. The molecule has 0 amide bonds. The summed E-state index contributed by atoms with van der Waals surface area (Å²) in [4.78, 5) is 3.93. The Morgan fingerprint density at radius 1 is 1.54 bits per heavy atom. The fourth-order valence-electron chi connectivity index (χ4n) is 0.732. The monoisotopic (exact) mass is 203 g/mol. The van der Waals surface area contributed by atoms with Crippen LogP contribution < -0.4 is 5.43 Å². The molecule has 0 bridgehead atoms. The van der Waals surface area contributed by atoms with Crippen molar-refractivity contribution in [3.05, 3.63) is 11.3 Å². The number of halogens is 1. The first-order valence-corrected chi connectivity index (χ1v) is 4.66. The topological polar surface area (TPSA) is 27.6 Å². The van der Waals surface area contributed by atoms with Gasteiger partial charge in [-0.3, -0.25) is 4.99 Å². The van der Waals surface area contributed by atoms with E-state index in [1.807, 2.05) is 39.0 Å². The highest BCUT2D eigenvalue weighted by atomic mass is 35.5. The van der Waals surface area contributed by atoms with Crippen LogP contribution in [0.5, 0.6) is 0 Å². The maximum Gasteiger partial charge on any atom is 0.0997 e. The Labute approximate surface area is 85.4 Å². The third-order valence-corrected chi connectivity index (χ3v) is 2.08. The Morgan fingerprint density at radius 3 is 2.46 bits per heavy atom. The van der Waals surface area contributed by atoms with Gasteiger partial charge in [-0.15, -0.1) is 11.6 Å². The van der Waals surface area contributed by atoms with E-state index in [-0.39, 0.29) is 5.50 Å². The lowest BCUT2D eigenvalue weighted by Gasteiger charge is -2.22. The molecule has 0 aliphatic rings. The zero-order chi connectivity index (χ0) is 10.4. The highest BCUT2D eigenvalue weighted by molar-refractivity contribution is 6.20. The van der Waals surface area contributed by atoms with Gasteiger partial charge in [-0.05, 0) is 26.3 Å². The Balaban J connectivity index is 4.27. The van der Waals surface area contributed by atoms with Crippen LogP contribution in [0.2, 0.25) is 0 Å². The van der Waals surface area contributed by atoms with Crippen LogP contribution in [-0.4, -0.2) is 30.8 Å². The molecule has 1 atom stereocenters. The molecule has 0 spiro atoms. The minimum atomic E-state index is -0.0404. The molecule has 0 aromatic rings. The molecule has 0 aliphatic heterocycles. The van der Waals surface area contributed by atoms with Crippen molar-refractivity contribution in [1.29, 1.82) is 0 Å². The van der Waals surface area contributed by atoms with Gasteiger partial charge in [0.1, 0.15) is 0 Å². The van der Waals surface area contributed by atoms with Crippen molar-refractivity contribution < 1.29 is 0 Å². The summed E-state index contributed by atoms with van der Waals surface area (Å²) < 4.78 is 0. The molecule has 0 aromatic carbocycles. The summed E-state index contributed by atoms with van der Waals surface area (Å²) in [5, 5.41) is 1.84. The van der Waals surface area contributed by atoms with Crippen LogP contribution in [-0.2, 0) is 0 Å². The molecule has 0 fully saturated rings. The van der Waals surface area contributed by atoms with Gasteiger partial charge in [0, 0.05) is 26.0 Å². The molecular formula is C9H18ClN3. The maximum absolute atomic E-state index is 5.86. The molecule has 1 unspecified atom stereocenters. The van der Waals surface area contributed by atoms with E-state index in [9.17, 15) is 0 Å². The van der Waals surface area contributed by atoms with E-state index in [2.05, 4.69) is 10.4 Å². The highest BCUT2D eigenvalue weighted by Gasteiger charge is 2.04. The number of aliphatic imine (C=N–C) groups is 1. The molecular weight excluding hydrogens is 186 g/mol. The second-order valence-corrected chi connectivity index (χ2v) is 3.62. The predicted octanol–water partition coefficient (Wildman–Crippen LogP) is 2.00. The molecule has 0 saturated heterocycles. The van der Waals surface area contributed by atoms with E-state index >= 15 is 0 Å². The molecule has 0 saturated carbocycles. The van der Waals surface area contributed by atoms with E-state index in [1.165, 1.54) is 0 Å². The van der Waals surface area contributed by atoms with Crippen LogP contribution >= 0.6 is 11.6 Å². The number of nitrogens with one attached hydrogen (secondary N) is 1. The van der Waals surface area contributed by atoms with E-state index in [1.54, 1.807) is 7.05 Å². The molecule has 0 aliphatic carbocycles. The van der Waals surface area contributed by atoms with Gasteiger partial charge in [0.15, 0.2) is 0 Å². The van der Waals surface area contributed by atoms with Gasteiger partial charge in [0.05, 0.1) is 5.50 Å². The van der Waals surface area contributed by atoms with Crippen LogP contribution in [0.1, 0.15) is 20.8 Å². The fourth-order valence-corrected chi connectivity index (χ4v) is 0.781. The number of nitrogens with zero attached hydrogens (tertiary/aromatic N) is 2. The van der Waals surface area contributed by atoms with Crippen molar-refractivity contribution >= 4 is 17.8 Å². The average Bonchev–Trinajstić information content (AvgIpc) is 2.04. The standard InChI is InChI=1S/C9H18ClN3/c1-7(6-11-4)8(2)12-13(5)9(3)10/h6,9,12H,1-5H3. The van der Waals surface area contributed by atoms with Crippen molar-refractivity contribution in [2.75, 3.05) is 14.1 Å². The average molecular weight is 204 g/mol. The van der Waals surface area contributed by atoms with Crippen LogP contribution in [0.3, 0.4) is 0 Å². The second kappa shape index (κ2) is 6.00. The van der Waals surface area contributed by atoms with E-state index in [0.717, 1.165) is 11.3 Å². The number of rotatable bonds is 4.